The van der Waals surface area contributed by atoms with E-state index in [0.29, 0.717) is 5.52 Å². The van der Waals surface area contributed by atoms with Gasteiger partial charge in [-0.3, -0.25) is 19.2 Å². The molecule has 0 amide bonds. The smallest absolute Gasteiger partial charge is 0.293 e. The number of halogens is 2. The molecule has 8 heteroatoms. The lowest BCUT2D eigenvalue weighted by atomic mass is 10.1. The Labute approximate surface area is 128 Å². The zero-order valence-electron chi connectivity index (χ0n) is 10.3. The number of ketones is 2. The third-order valence-electron chi connectivity index (χ3n) is 2.65. The van der Waals surface area contributed by atoms with E-state index in [1.54, 1.807) is 12.1 Å². The van der Waals surface area contributed by atoms with Crippen molar-refractivity contribution < 1.29 is 23.9 Å². The van der Waals surface area contributed by atoms with E-state index in [1.807, 2.05) is 0 Å². The minimum Gasteiger partial charge on any atom is -0.485 e. The number of rotatable bonds is 6. The fourth-order valence-corrected chi connectivity index (χ4v) is 2.17. The first-order valence-corrected chi connectivity index (χ1v) is 6.36. The van der Waals surface area contributed by atoms with E-state index in [2.05, 4.69) is 4.98 Å². The lowest BCUT2D eigenvalue weighted by molar-refractivity contribution is -0.131. The number of carbonyl (C=O) groups excluding carboxylic acids is 4. The standard InChI is InChI=1S/C13H7Cl2NO5/c14-12-10(11(19)13(15)20)9-7(16-12)2-1-3-8(9)21-5-6(18)4-17/h1-4,16H,5H2. The van der Waals surface area contributed by atoms with Gasteiger partial charge in [-0.2, -0.15) is 0 Å². The first kappa shape index (κ1) is 15.2. The molecule has 0 aliphatic heterocycles. The average Bonchev–Trinajstić information content (AvgIpc) is 2.80. The zero-order valence-corrected chi connectivity index (χ0v) is 11.8. The van der Waals surface area contributed by atoms with Crippen LogP contribution in [0.3, 0.4) is 0 Å². The SMILES string of the molecule is O=CC(=O)COc1cccc2[nH]c(Cl)c(C(=O)C(=O)Cl)c12. The van der Waals surface area contributed by atoms with Crippen LogP contribution in [0.1, 0.15) is 10.4 Å². The normalized spacial score (nSPS) is 10.4. The third-order valence-corrected chi connectivity index (χ3v) is 3.10. The summed E-state index contributed by atoms with van der Waals surface area (Å²) in [6, 6.07) is 4.66. The monoisotopic (exact) mass is 327 g/mol. The van der Waals surface area contributed by atoms with Crippen LogP contribution in [0.25, 0.3) is 10.9 Å². The zero-order chi connectivity index (χ0) is 15.6. The Bertz CT molecular complexity index is 765. The van der Waals surface area contributed by atoms with Crippen LogP contribution in [-0.4, -0.2) is 34.7 Å². The number of aromatic nitrogens is 1. The number of fused-ring (bicyclic) bond motifs is 1. The van der Waals surface area contributed by atoms with Crippen LogP contribution >= 0.6 is 23.2 Å². The van der Waals surface area contributed by atoms with Gasteiger partial charge in [-0.1, -0.05) is 17.7 Å². The van der Waals surface area contributed by atoms with Gasteiger partial charge in [0, 0.05) is 0 Å². The summed E-state index contributed by atoms with van der Waals surface area (Å²) in [7, 11) is 0. The average molecular weight is 328 g/mol. The van der Waals surface area contributed by atoms with Gasteiger partial charge in [0.25, 0.3) is 5.24 Å². The van der Waals surface area contributed by atoms with Gasteiger partial charge in [-0.25, -0.2) is 0 Å². The summed E-state index contributed by atoms with van der Waals surface area (Å²) >= 11 is 11.1. The molecule has 0 spiro atoms. The highest BCUT2D eigenvalue weighted by atomic mass is 35.5. The van der Waals surface area contributed by atoms with E-state index >= 15 is 0 Å². The second-order valence-electron chi connectivity index (χ2n) is 3.97. The first-order valence-electron chi connectivity index (χ1n) is 5.61. The van der Waals surface area contributed by atoms with Crippen LogP contribution in [0, 0.1) is 0 Å². The Kier molecular flexibility index (Phi) is 4.40. The number of hydrogen-bond acceptors (Lipinski definition) is 5. The van der Waals surface area contributed by atoms with Crippen molar-refractivity contribution in [3.8, 4) is 5.75 Å². The van der Waals surface area contributed by atoms with Gasteiger partial charge in [0.1, 0.15) is 10.9 Å². The fourth-order valence-electron chi connectivity index (χ4n) is 1.80. The van der Waals surface area contributed by atoms with Gasteiger partial charge in [-0.15, -0.1) is 0 Å². The second kappa shape index (κ2) is 6.07. The quantitative estimate of drug-likeness (QED) is 0.378. The highest BCUT2D eigenvalue weighted by Gasteiger charge is 2.24. The molecule has 0 fully saturated rings. The number of aromatic amines is 1. The van der Waals surface area contributed by atoms with Crippen molar-refractivity contribution in [1.82, 2.24) is 4.98 Å². The molecule has 108 valence electrons. The molecule has 0 atom stereocenters. The Morgan fingerprint density at radius 3 is 2.62 bits per heavy atom. The Balaban J connectivity index is 2.56. The summed E-state index contributed by atoms with van der Waals surface area (Å²) in [4.78, 5) is 46.9. The minimum absolute atomic E-state index is 0.0678. The minimum atomic E-state index is -1.20. The largest absolute Gasteiger partial charge is 0.485 e. The van der Waals surface area contributed by atoms with Crippen LogP contribution in [0.5, 0.6) is 5.75 Å². The van der Waals surface area contributed by atoms with E-state index in [1.165, 1.54) is 6.07 Å². The summed E-state index contributed by atoms with van der Waals surface area (Å²) in [5, 5.41) is -1.04. The molecule has 0 unspecified atom stereocenters. The number of ether oxygens (including phenoxy) is 1. The van der Waals surface area contributed by atoms with Gasteiger partial charge in [-0.05, 0) is 23.7 Å². The van der Waals surface area contributed by atoms with Crippen molar-refractivity contribution >= 4 is 57.2 Å². The third kappa shape index (κ3) is 2.96. The lowest BCUT2D eigenvalue weighted by Gasteiger charge is -2.06. The van der Waals surface area contributed by atoms with Gasteiger partial charge in [0.05, 0.1) is 16.5 Å². The van der Waals surface area contributed by atoms with Crippen molar-refractivity contribution in [1.29, 1.82) is 0 Å². The fraction of sp³-hybridized carbons (Fsp3) is 0.0769. The summed E-state index contributed by atoms with van der Waals surface area (Å²) in [6.45, 7) is -0.492. The van der Waals surface area contributed by atoms with Crippen LogP contribution in [0.15, 0.2) is 18.2 Å². The van der Waals surface area contributed by atoms with E-state index in [0.717, 1.165) is 0 Å². The molecule has 1 aromatic carbocycles. The predicted molar refractivity (Wildman–Crippen MR) is 75.1 cm³/mol. The second-order valence-corrected chi connectivity index (χ2v) is 4.69. The van der Waals surface area contributed by atoms with E-state index in [-0.39, 0.29) is 28.1 Å². The molecule has 0 saturated heterocycles. The maximum Gasteiger partial charge on any atom is 0.293 e. The van der Waals surface area contributed by atoms with Crippen molar-refractivity contribution in [3.63, 3.8) is 0 Å². The van der Waals surface area contributed by atoms with Crippen LogP contribution in [-0.2, 0) is 14.4 Å². The maximum absolute atomic E-state index is 11.8. The highest BCUT2D eigenvalue weighted by molar-refractivity contribution is 6.83. The van der Waals surface area contributed by atoms with Crippen molar-refractivity contribution in [3.05, 3.63) is 28.9 Å². The number of Topliss-reactive ketones (excluding diaryl/α,β-unsaturated/α-hetero) is 2. The molecule has 1 heterocycles. The Morgan fingerprint density at radius 2 is 2.00 bits per heavy atom. The molecule has 6 nitrogen and oxygen atoms in total. The Hall–Kier alpha value is -2.18. The highest BCUT2D eigenvalue weighted by Crippen LogP contribution is 2.34. The Morgan fingerprint density at radius 1 is 1.29 bits per heavy atom. The van der Waals surface area contributed by atoms with Gasteiger partial charge < -0.3 is 9.72 Å². The maximum atomic E-state index is 11.8. The topological polar surface area (TPSA) is 93.3 Å². The molecular formula is C13H7Cl2NO5. The number of nitrogens with one attached hydrogen (secondary N) is 1. The number of H-pyrrole nitrogens is 1. The van der Waals surface area contributed by atoms with Crippen LogP contribution < -0.4 is 4.74 Å². The van der Waals surface area contributed by atoms with Crippen molar-refractivity contribution in [2.24, 2.45) is 0 Å². The number of aldehydes is 1. The van der Waals surface area contributed by atoms with Gasteiger partial charge >= 0.3 is 0 Å². The molecule has 1 aromatic heterocycles. The molecule has 2 rings (SSSR count). The molecule has 0 aliphatic carbocycles. The van der Waals surface area contributed by atoms with E-state index in [9.17, 15) is 19.2 Å². The van der Waals surface area contributed by atoms with E-state index in [4.69, 9.17) is 27.9 Å². The number of benzene rings is 1. The van der Waals surface area contributed by atoms with E-state index < -0.39 is 23.4 Å². The number of hydrogen-bond donors (Lipinski definition) is 1. The van der Waals surface area contributed by atoms with Crippen molar-refractivity contribution in [2.75, 3.05) is 6.61 Å². The van der Waals surface area contributed by atoms with Crippen molar-refractivity contribution in [2.45, 2.75) is 0 Å². The molecule has 2 aromatic rings. The van der Waals surface area contributed by atoms with Crippen LogP contribution in [0.4, 0.5) is 0 Å². The molecule has 1 N–H and O–H groups in total. The summed E-state index contributed by atoms with van der Waals surface area (Å²) in [6.07, 6.45) is 0.124. The molecular weight excluding hydrogens is 321 g/mol. The molecule has 0 aliphatic rings. The van der Waals surface area contributed by atoms with Gasteiger partial charge in [0.15, 0.2) is 12.9 Å². The lowest BCUT2D eigenvalue weighted by Crippen LogP contribution is -2.12. The molecule has 21 heavy (non-hydrogen) atoms. The molecule has 0 bridgehead atoms. The first-order chi connectivity index (χ1) is 9.95. The number of carbonyl (C=O) groups is 4. The molecule has 0 radical (unpaired) electrons. The summed E-state index contributed by atoms with van der Waals surface area (Å²) < 4.78 is 5.19. The predicted octanol–water partition coefficient (Wildman–Crippen LogP) is 1.92. The molecule has 0 saturated carbocycles. The summed E-state index contributed by atoms with van der Waals surface area (Å²) in [5.41, 5.74) is 0.290. The van der Waals surface area contributed by atoms with Gasteiger partial charge in [0.2, 0.25) is 11.6 Å². The summed E-state index contributed by atoms with van der Waals surface area (Å²) in [5.74, 6) is -1.63. The van der Waals surface area contributed by atoms with Crippen LogP contribution in [0.2, 0.25) is 5.15 Å².